The summed E-state index contributed by atoms with van der Waals surface area (Å²) >= 11 is 0. The number of nitro benzene ring substituents is 2. The number of alkyl halides is 3. The van der Waals surface area contributed by atoms with Crippen LogP contribution < -0.4 is 5.43 Å². The molecular formula is C13H9F3N4O5. The van der Waals surface area contributed by atoms with Gasteiger partial charge in [0.05, 0.1) is 21.7 Å². The summed E-state index contributed by atoms with van der Waals surface area (Å²) in [6.45, 7) is 1.44. The zero-order valence-electron chi connectivity index (χ0n) is 12.4. The van der Waals surface area contributed by atoms with E-state index in [1.54, 1.807) is 0 Å². The van der Waals surface area contributed by atoms with Gasteiger partial charge in [-0.05, 0) is 19.1 Å². The van der Waals surface area contributed by atoms with Crippen LogP contribution in [0.5, 0.6) is 0 Å². The van der Waals surface area contributed by atoms with Gasteiger partial charge in [0.25, 0.3) is 0 Å². The zero-order chi connectivity index (χ0) is 18.8. The summed E-state index contributed by atoms with van der Waals surface area (Å²) < 4.78 is 43.4. The number of furan rings is 1. The van der Waals surface area contributed by atoms with E-state index in [-0.39, 0.29) is 23.6 Å². The van der Waals surface area contributed by atoms with Gasteiger partial charge in [0.2, 0.25) is 5.69 Å². The lowest BCUT2D eigenvalue weighted by atomic mass is 10.1. The maximum Gasteiger partial charge on any atom is 0.416 e. The van der Waals surface area contributed by atoms with Crippen LogP contribution in [-0.4, -0.2) is 15.6 Å². The number of benzene rings is 1. The molecule has 2 aromatic rings. The molecule has 0 unspecified atom stereocenters. The Morgan fingerprint density at radius 2 is 1.76 bits per heavy atom. The topological polar surface area (TPSA) is 124 Å². The minimum atomic E-state index is -4.98. The van der Waals surface area contributed by atoms with E-state index in [1.165, 1.54) is 25.3 Å². The number of halogens is 3. The molecule has 0 radical (unpaired) electrons. The normalized spacial score (nSPS) is 12.1. The summed E-state index contributed by atoms with van der Waals surface area (Å²) in [4.78, 5) is 19.8. The number of nitro groups is 2. The number of nitrogens with one attached hydrogen (secondary N) is 1. The summed E-state index contributed by atoms with van der Waals surface area (Å²) in [5.74, 6) is 0.268. The summed E-state index contributed by atoms with van der Waals surface area (Å²) in [6, 6.07) is 3.45. The van der Waals surface area contributed by atoms with Crippen molar-refractivity contribution < 1.29 is 27.4 Å². The molecule has 0 atom stereocenters. The van der Waals surface area contributed by atoms with Crippen LogP contribution in [0.25, 0.3) is 0 Å². The van der Waals surface area contributed by atoms with Crippen molar-refractivity contribution in [2.45, 2.75) is 13.1 Å². The van der Waals surface area contributed by atoms with Crippen LogP contribution in [0.2, 0.25) is 0 Å². The highest BCUT2D eigenvalue weighted by atomic mass is 19.4. The third kappa shape index (κ3) is 3.91. The van der Waals surface area contributed by atoms with Gasteiger partial charge in [0, 0.05) is 12.1 Å². The maximum absolute atomic E-state index is 12.8. The van der Waals surface area contributed by atoms with E-state index in [9.17, 15) is 33.4 Å². The van der Waals surface area contributed by atoms with Gasteiger partial charge in [-0.1, -0.05) is 0 Å². The van der Waals surface area contributed by atoms with E-state index in [2.05, 4.69) is 10.5 Å². The number of rotatable bonds is 5. The lowest BCUT2D eigenvalue weighted by molar-refractivity contribution is -0.392. The molecule has 1 heterocycles. The average molecular weight is 358 g/mol. The van der Waals surface area contributed by atoms with Crippen molar-refractivity contribution in [1.29, 1.82) is 0 Å². The van der Waals surface area contributed by atoms with E-state index in [4.69, 9.17) is 4.42 Å². The average Bonchev–Trinajstić information content (AvgIpc) is 3.05. The monoisotopic (exact) mass is 358 g/mol. The van der Waals surface area contributed by atoms with E-state index in [1.807, 2.05) is 0 Å². The standard InChI is InChI=1S/C13H9F3N4O5/c1-7(11-3-2-4-25-11)17-18-12-9(19(21)22)5-8(13(14,15)16)6-10(12)20(23)24/h2-6,18H,1H3. The molecule has 0 aliphatic rings. The lowest BCUT2D eigenvalue weighted by Crippen LogP contribution is -2.10. The second kappa shape index (κ2) is 6.59. The summed E-state index contributed by atoms with van der Waals surface area (Å²) in [5.41, 5.74) is -2.27. The van der Waals surface area contributed by atoms with Crippen molar-refractivity contribution in [3.63, 3.8) is 0 Å². The number of nitrogens with zero attached hydrogens (tertiary/aromatic N) is 3. The highest BCUT2D eigenvalue weighted by Crippen LogP contribution is 2.41. The first-order valence-electron chi connectivity index (χ1n) is 6.49. The Kier molecular flexibility index (Phi) is 4.72. The van der Waals surface area contributed by atoms with Crippen molar-refractivity contribution in [3.05, 3.63) is 62.1 Å². The molecule has 1 aromatic carbocycles. The number of hydrazone groups is 1. The Labute approximate surface area is 137 Å². The molecule has 0 saturated carbocycles. The van der Waals surface area contributed by atoms with Crippen LogP contribution in [0.15, 0.2) is 40.0 Å². The first kappa shape index (κ1) is 17.9. The van der Waals surface area contributed by atoms with Crippen molar-refractivity contribution in [2.24, 2.45) is 5.10 Å². The van der Waals surface area contributed by atoms with Crippen LogP contribution in [0.4, 0.5) is 30.2 Å². The van der Waals surface area contributed by atoms with Crippen molar-refractivity contribution in [2.75, 3.05) is 5.43 Å². The van der Waals surface area contributed by atoms with Gasteiger partial charge in [-0.3, -0.25) is 25.7 Å². The predicted molar refractivity (Wildman–Crippen MR) is 79.3 cm³/mol. The molecule has 12 heteroatoms. The molecule has 0 fully saturated rings. The first-order valence-corrected chi connectivity index (χ1v) is 6.49. The molecule has 0 amide bonds. The fraction of sp³-hybridized carbons (Fsp3) is 0.154. The largest absolute Gasteiger partial charge is 0.463 e. The predicted octanol–water partition coefficient (Wildman–Crippen LogP) is 3.95. The first-order chi connectivity index (χ1) is 11.6. The molecule has 2 rings (SSSR count). The molecule has 0 spiro atoms. The van der Waals surface area contributed by atoms with E-state index >= 15 is 0 Å². The molecule has 25 heavy (non-hydrogen) atoms. The maximum atomic E-state index is 12.8. The highest BCUT2D eigenvalue weighted by Gasteiger charge is 2.37. The molecule has 1 N–H and O–H groups in total. The summed E-state index contributed by atoms with van der Waals surface area (Å²) in [6.07, 6.45) is -3.65. The highest BCUT2D eigenvalue weighted by molar-refractivity contribution is 5.96. The molecular weight excluding hydrogens is 349 g/mol. The van der Waals surface area contributed by atoms with Crippen molar-refractivity contribution in [3.8, 4) is 0 Å². The molecule has 0 aliphatic carbocycles. The van der Waals surface area contributed by atoms with Gasteiger partial charge in [0.1, 0.15) is 11.5 Å². The quantitative estimate of drug-likeness (QED) is 0.490. The Balaban J connectivity index is 2.57. The second-order valence-electron chi connectivity index (χ2n) is 4.69. The minimum absolute atomic E-state index is 0.175. The Bertz CT molecular complexity index is 811. The van der Waals surface area contributed by atoms with Gasteiger partial charge in [0.15, 0.2) is 0 Å². The smallest absolute Gasteiger partial charge is 0.416 e. The van der Waals surface area contributed by atoms with Gasteiger partial charge >= 0.3 is 17.6 Å². The van der Waals surface area contributed by atoms with Crippen LogP contribution in [-0.2, 0) is 6.18 Å². The van der Waals surface area contributed by atoms with Crippen LogP contribution in [0.1, 0.15) is 18.2 Å². The van der Waals surface area contributed by atoms with E-state index < -0.39 is 38.6 Å². The van der Waals surface area contributed by atoms with Gasteiger partial charge in [-0.25, -0.2) is 0 Å². The molecule has 0 saturated heterocycles. The number of anilines is 1. The van der Waals surface area contributed by atoms with Crippen LogP contribution in [0, 0.1) is 20.2 Å². The second-order valence-corrected chi connectivity index (χ2v) is 4.69. The number of hydrogen-bond donors (Lipinski definition) is 1. The number of hydrogen-bond acceptors (Lipinski definition) is 7. The Morgan fingerprint density at radius 3 is 2.16 bits per heavy atom. The molecule has 132 valence electrons. The summed E-state index contributed by atoms with van der Waals surface area (Å²) in [5, 5.41) is 25.8. The molecule has 0 aliphatic heterocycles. The van der Waals surface area contributed by atoms with Crippen molar-refractivity contribution in [1.82, 2.24) is 0 Å². The fourth-order valence-corrected chi connectivity index (χ4v) is 1.86. The van der Waals surface area contributed by atoms with Gasteiger partial charge in [-0.15, -0.1) is 0 Å². The van der Waals surface area contributed by atoms with E-state index in [0.717, 1.165) is 0 Å². The van der Waals surface area contributed by atoms with E-state index in [0.29, 0.717) is 0 Å². The van der Waals surface area contributed by atoms with Crippen LogP contribution >= 0.6 is 0 Å². The fourth-order valence-electron chi connectivity index (χ4n) is 1.86. The molecule has 0 bridgehead atoms. The van der Waals surface area contributed by atoms with Crippen LogP contribution in [0.3, 0.4) is 0 Å². The third-order valence-electron chi connectivity index (χ3n) is 3.03. The minimum Gasteiger partial charge on any atom is -0.463 e. The lowest BCUT2D eigenvalue weighted by Gasteiger charge is -2.09. The van der Waals surface area contributed by atoms with Crippen molar-refractivity contribution >= 4 is 22.8 Å². The summed E-state index contributed by atoms with van der Waals surface area (Å²) in [7, 11) is 0. The molecule has 9 nitrogen and oxygen atoms in total. The SMILES string of the molecule is CC(=NNc1c([N+](=O)[O-])cc(C(F)(F)F)cc1[N+](=O)[O-])c1ccco1. The van der Waals surface area contributed by atoms with Gasteiger partial charge in [-0.2, -0.15) is 18.3 Å². The Morgan fingerprint density at radius 1 is 1.20 bits per heavy atom. The zero-order valence-corrected chi connectivity index (χ0v) is 12.4. The Hall–Kier alpha value is -3.44. The molecule has 1 aromatic heterocycles. The van der Waals surface area contributed by atoms with Gasteiger partial charge < -0.3 is 4.42 Å². The third-order valence-corrected chi connectivity index (χ3v) is 3.03.